The van der Waals surface area contributed by atoms with Crippen molar-refractivity contribution in [3.63, 3.8) is 0 Å². The number of halogens is 2. The molecule has 1 N–H and O–H groups in total. The van der Waals surface area contributed by atoms with Crippen LogP contribution in [0.3, 0.4) is 0 Å². The minimum absolute atomic E-state index is 0.505. The van der Waals surface area contributed by atoms with Gasteiger partial charge in [0.15, 0.2) is 0 Å². The molecule has 2 rings (SSSR count). The van der Waals surface area contributed by atoms with Crippen LogP contribution < -0.4 is 9.46 Å². The maximum atomic E-state index is 13.7. The second-order valence-electron chi connectivity index (χ2n) is 5.16. The molecule has 0 radical (unpaired) electrons. The number of benzene rings is 2. The molecule has 0 spiro atoms. The maximum absolute atomic E-state index is 13.7. The molecule has 0 heterocycles. The Morgan fingerprint density at radius 2 is 1.83 bits per heavy atom. The monoisotopic (exact) mass is 341 g/mol. The molecule has 23 heavy (non-hydrogen) atoms. The molecular weight excluding hydrogens is 324 g/mol. The second kappa shape index (κ2) is 6.64. The summed E-state index contributed by atoms with van der Waals surface area (Å²) in [5, 5.41) is 0. The quantitative estimate of drug-likeness (QED) is 0.908. The fourth-order valence-corrected chi connectivity index (χ4v) is 3.55. The molecule has 7 heteroatoms. The number of aryl methyl sites for hydroxylation is 1. The van der Waals surface area contributed by atoms with Gasteiger partial charge < -0.3 is 4.74 Å². The van der Waals surface area contributed by atoms with E-state index in [0.29, 0.717) is 17.4 Å². The first kappa shape index (κ1) is 17.4. The largest absolute Gasteiger partial charge is 0.496 e. The molecule has 1 atom stereocenters. The Hall–Kier alpha value is -1.99. The highest BCUT2D eigenvalue weighted by molar-refractivity contribution is 7.89. The van der Waals surface area contributed by atoms with E-state index in [1.54, 1.807) is 19.1 Å². The summed E-state index contributed by atoms with van der Waals surface area (Å²) in [7, 11) is -2.75. The topological polar surface area (TPSA) is 55.4 Å². The third kappa shape index (κ3) is 3.86. The molecule has 0 bridgehead atoms. The number of hydrogen-bond donors (Lipinski definition) is 1. The fourth-order valence-electron chi connectivity index (χ4n) is 2.23. The van der Waals surface area contributed by atoms with Gasteiger partial charge in [-0.05, 0) is 38.1 Å². The molecule has 2 aromatic rings. The van der Waals surface area contributed by atoms with Gasteiger partial charge in [-0.1, -0.05) is 17.7 Å². The van der Waals surface area contributed by atoms with Crippen LogP contribution in [0.1, 0.15) is 24.1 Å². The van der Waals surface area contributed by atoms with Crippen LogP contribution in [-0.2, 0) is 10.0 Å². The summed E-state index contributed by atoms with van der Waals surface area (Å²) >= 11 is 0. The van der Waals surface area contributed by atoms with E-state index in [2.05, 4.69) is 4.72 Å². The number of hydrogen-bond acceptors (Lipinski definition) is 3. The maximum Gasteiger partial charge on any atom is 0.244 e. The van der Waals surface area contributed by atoms with Gasteiger partial charge in [0, 0.05) is 11.6 Å². The minimum Gasteiger partial charge on any atom is -0.496 e. The van der Waals surface area contributed by atoms with E-state index in [9.17, 15) is 17.2 Å². The van der Waals surface area contributed by atoms with Gasteiger partial charge in [-0.3, -0.25) is 0 Å². The van der Waals surface area contributed by atoms with Crippen LogP contribution in [-0.4, -0.2) is 15.5 Å². The van der Waals surface area contributed by atoms with Crippen LogP contribution in [0.15, 0.2) is 41.3 Å². The molecule has 1 unspecified atom stereocenters. The lowest BCUT2D eigenvalue weighted by Crippen LogP contribution is -2.28. The molecule has 0 fully saturated rings. The Morgan fingerprint density at radius 1 is 1.13 bits per heavy atom. The molecule has 0 aliphatic carbocycles. The van der Waals surface area contributed by atoms with Crippen LogP contribution >= 0.6 is 0 Å². The molecule has 0 saturated heterocycles. The van der Waals surface area contributed by atoms with Crippen molar-refractivity contribution in [3.8, 4) is 5.75 Å². The van der Waals surface area contributed by atoms with Crippen molar-refractivity contribution < 1.29 is 21.9 Å². The van der Waals surface area contributed by atoms with Crippen molar-refractivity contribution >= 4 is 10.0 Å². The zero-order valence-corrected chi connectivity index (χ0v) is 13.7. The fraction of sp³-hybridized carbons (Fsp3) is 0.250. The molecule has 124 valence electrons. The standard InChI is InChI=1S/C16H17F2NO3S/c1-10-4-7-15(22-3)13(8-10)11(2)19-23(20,21)16-9-12(17)5-6-14(16)18/h4-9,11,19H,1-3H3. The van der Waals surface area contributed by atoms with E-state index in [1.165, 1.54) is 7.11 Å². The number of methoxy groups -OCH3 is 1. The Morgan fingerprint density at radius 3 is 2.48 bits per heavy atom. The van der Waals surface area contributed by atoms with E-state index in [0.717, 1.165) is 17.7 Å². The van der Waals surface area contributed by atoms with Gasteiger partial charge in [0.25, 0.3) is 0 Å². The van der Waals surface area contributed by atoms with Crippen LogP contribution in [0.2, 0.25) is 0 Å². The second-order valence-corrected chi connectivity index (χ2v) is 6.85. The van der Waals surface area contributed by atoms with Gasteiger partial charge >= 0.3 is 0 Å². The Labute approximate surface area is 134 Å². The van der Waals surface area contributed by atoms with Gasteiger partial charge in [-0.25, -0.2) is 21.9 Å². The molecule has 0 aromatic heterocycles. The van der Waals surface area contributed by atoms with E-state index < -0.39 is 32.6 Å². The summed E-state index contributed by atoms with van der Waals surface area (Å²) < 4.78 is 59.1. The smallest absolute Gasteiger partial charge is 0.244 e. The van der Waals surface area contributed by atoms with Crippen molar-refractivity contribution in [3.05, 3.63) is 59.2 Å². The average Bonchev–Trinajstić information content (AvgIpc) is 2.49. The van der Waals surface area contributed by atoms with Crippen LogP contribution in [0.4, 0.5) is 8.78 Å². The minimum atomic E-state index is -4.22. The lowest BCUT2D eigenvalue weighted by Gasteiger charge is -2.18. The molecule has 2 aromatic carbocycles. The van der Waals surface area contributed by atoms with E-state index >= 15 is 0 Å². The first-order chi connectivity index (χ1) is 10.7. The van der Waals surface area contributed by atoms with Gasteiger partial charge in [0.05, 0.1) is 7.11 Å². The van der Waals surface area contributed by atoms with Crippen molar-refractivity contribution in [2.24, 2.45) is 0 Å². The molecular formula is C16H17F2NO3S. The summed E-state index contributed by atoms with van der Waals surface area (Å²) in [6, 6.07) is 6.93. The summed E-state index contributed by atoms with van der Waals surface area (Å²) in [5.74, 6) is -1.33. The van der Waals surface area contributed by atoms with Crippen LogP contribution in [0, 0.1) is 18.6 Å². The SMILES string of the molecule is COc1ccc(C)cc1C(C)NS(=O)(=O)c1cc(F)ccc1F. The predicted octanol–water partition coefficient (Wildman–Crippen LogP) is 3.32. The van der Waals surface area contributed by atoms with Crippen molar-refractivity contribution in [1.29, 1.82) is 0 Å². The molecule has 0 amide bonds. The Kier molecular flexibility index (Phi) is 5.01. The molecule has 0 saturated carbocycles. The number of rotatable bonds is 5. The first-order valence-electron chi connectivity index (χ1n) is 6.86. The zero-order valence-electron chi connectivity index (χ0n) is 12.9. The lowest BCUT2D eigenvalue weighted by atomic mass is 10.1. The predicted molar refractivity (Wildman–Crippen MR) is 82.8 cm³/mol. The lowest BCUT2D eigenvalue weighted by molar-refractivity contribution is 0.405. The van der Waals surface area contributed by atoms with Crippen LogP contribution in [0.5, 0.6) is 5.75 Å². The van der Waals surface area contributed by atoms with Gasteiger partial charge in [0.2, 0.25) is 10.0 Å². The summed E-state index contributed by atoms with van der Waals surface area (Å²) in [6.45, 7) is 3.46. The van der Waals surface area contributed by atoms with Crippen molar-refractivity contribution in [2.45, 2.75) is 24.8 Å². The Balaban J connectivity index is 2.37. The van der Waals surface area contributed by atoms with Gasteiger partial charge in [-0.15, -0.1) is 0 Å². The first-order valence-corrected chi connectivity index (χ1v) is 8.35. The van der Waals surface area contributed by atoms with Crippen molar-refractivity contribution in [2.75, 3.05) is 7.11 Å². The third-order valence-electron chi connectivity index (χ3n) is 3.37. The zero-order chi connectivity index (χ0) is 17.2. The van der Waals surface area contributed by atoms with Gasteiger partial charge in [-0.2, -0.15) is 0 Å². The highest BCUT2D eigenvalue weighted by Gasteiger charge is 2.24. The summed E-state index contributed by atoms with van der Waals surface area (Å²) in [6.07, 6.45) is 0. The van der Waals surface area contributed by atoms with E-state index in [1.807, 2.05) is 13.0 Å². The highest BCUT2D eigenvalue weighted by atomic mass is 32.2. The number of nitrogens with one attached hydrogen (secondary N) is 1. The van der Waals surface area contributed by atoms with E-state index in [4.69, 9.17) is 4.74 Å². The van der Waals surface area contributed by atoms with E-state index in [-0.39, 0.29) is 0 Å². The normalized spacial score (nSPS) is 12.9. The third-order valence-corrected chi connectivity index (χ3v) is 4.92. The Bertz CT molecular complexity index is 822. The average molecular weight is 341 g/mol. The van der Waals surface area contributed by atoms with Crippen LogP contribution in [0.25, 0.3) is 0 Å². The number of sulfonamides is 1. The summed E-state index contributed by atoms with van der Waals surface area (Å²) in [4.78, 5) is -0.726. The molecule has 4 nitrogen and oxygen atoms in total. The molecule has 0 aliphatic heterocycles. The van der Waals surface area contributed by atoms with Crippen molar-refractivity contribution in [1.82, 2.24) is 4.72 Å². The van der Waals surface area contributed by atoms with Gasteiger partial charge in [0.1, 0.15) is 22.3 Å². The summed E-state index contributed by atoms with van der Waals surface area (Å²) in [5.41, 5.74) is 1.52. The highest BCUT2D eigenvalue weighted by Crippen LogP contribution is 2.28. The molecule has 0 aliphatic rings. The number of ether oxygens (including phenoxy) is 1.